The van der Waals surface area contributed by atoms with Gasteiger partial charge in [0.2, 0.25) is 0 Å². The van der Waals surface area contributed by atoms with Crippen LogP contribution >= 0.6 is 0 Å². The number of hydrogen-bond acceptors (Lipinski definition) is 4. The number of benzene rings is 3. The van der Waals surface area contributed by atoms with Gasteiger partial charge in [0.05, 0.1) is 19.2 Å². The summed E-state index contributed by atoms with van der Waals surface area (Å²) < 4.78 is 88.5. The number of halogens is 6. The van der Waals surface area contributed by atoms with Gasteiger partial charge >= 0.3 is 12.4 Å². The van der Waals surface area contributed by atoms with Crippen LogP contribution in [-0.4, -0.2) is 70.2 Å². The van der Waals surface area contributed by atoms with Crippen LogP contribution in [0.15, 0.2) is 91.1 Å². The zero-order chi connectivity index (χ0) is 31.5. The van der Waals surface area contributed by atoms with Gasteiger partial charge in [0, 0.05) is 29.2 Å². The van der Waals surface area contributed by atoms with E-state index < -0.39 is 61.8 Å². The number of amides is 2. The Morgan fingerprint density at radius 2 is 1.50 bits per heavy atom. The highest BCUT2D eigenvalue weighted by atomic mass is 19.4. The van der Waals surface area contributed by atoms with Crippen molar-refractivity contribution in [2.75, 3.05) is 13.1 Å². The van der Waals surface area contributed by atoms with E-state index in [4.69, 9.17) is 4.84 Å². The molecule has 2 N–H and O–H groups in total. The van der Waals surface area contributed by atoms with E-state index in [0.29, 0.717) is 26.9 Å². The highest BCUT2D eigenvalue weighted by Gasteiger charge is 2.61. The summed E-state index contributed by atoms with van der Waals surface area (Å²) >= 11 is 0. The summed E-state index contributed by atoms with van der Waals surface area (Å²) in [7, 11) is 0. The number of aromatic nitrogens is 1. The molecule has 13 heteroatoms. The van der Waals surface area contributed by atoms with E-state index >= 15 is 0 Å². The van der Waals surface area contributed by atoms with Gasteiger partial charge in [-0.1, -0.05) is 66.7 Å². The van der Waals surface area contributed by atoms with Crippen molar-refractivity contribution in [3.05, 3.63) is 108 Å². The van der Waals surface area contributed by atoms with Crippen LogP contribution in [0.4, 0.5) is 26.3 Å². The van der Waals surface area contributed by atoms with Crippen LogP contribution in [0.3, 0.4) is 0 Å². The molecule has 2 unspecified atom stereocenters. The highest BCUT2D eigenvalue weighted by Crippen LogP contribution is 2.41. The van der Waals surface area contributed by atoms with E-state index in [1.165, 1.54) is 30.5 Å². The topological polar surface area (TPSA) is 77.7 Å². The zero-order valence-corrected chi connectivity index (χ0v) is 23.1. The third-order valence-electron chi connectivity index (χ3n) is 7.58. The Bertz CT molecular complexity index is 1580. The minimum atomic E-state index is -5.26. The number of para-hydroxylation sites is 1. The fourth-order valence-corrected chi connectivity index (χ4v) is 5.62. The molecule has 1 aromatic heterocycles. The molecule has 0 aliphatic carbocycles. The smallest absolute Gasteiger partial charge is 0.361 e. The molecule has 2 heterocycles. The van der Waals surface area contributed by atoms with E-state index in [-0.39, 0.29) is 17.1 Å². The number of nitrogens with one attached hydrogen (secondary N) is 2. The molecular weight excluding hydrogens is 590 g/mol. The lowest BCUT2D eigenvalue weighted by Crippen LogP contribution is -2.73. The van der Waals surface area contributed by atoms with Crippen LogP contribution in [0.25, 0.3) is 10.9 Å². The molecule has 0 saturated carbocycles. The lowest BCUT2D eigenvalue weighted by atomic mass is 9.90. The molecule has 1 aliphatic rings. The fraction of sp³-hybridized carbons (Fsp3) is 0.290. The van der Waals surface area contributed by atoms with Crippen molar-refractivity contribution in [1.82, 2.24) is 20.3 Å². The normalized spacial score (nSPS) is 19.7. The molecule has 5 rings (SSSR count). The van der Waals surface area contributed by atoms with Crippen molar-refractivity contribution in [3.8, 4) is 0 Å². The Hall–Kier alpha value is -4.36. The summed E-state index contributed by atoms with van der Waals surface area (Å²) in [6.07, 6.45) is -9.43. The largest absolute Gasteiger partial charge is 0.406 e. The predicted molar refractivity (Wildman–Crippen MR) is 149 cm³/mol. The van der Waals surface area contributed by atoms with Crippen molar-refractivity contribution in [2.24, 2.45) is 0 Å². The number of aromatic amines is 1. The second kappa shape index (κ2) is 12.7. The van der Waals surface area contributed by atoms with Gasteiger partial charge in [-0.05, 0) is 35.7 Å². The molecule has 4 aromatic rings. The van der Waals surface area contributed by atoms with E-state index in [9.17, 15) is 35.9 Å². The number of carbonyl (C=O) groups is 2. The van der Waals surface area contributed by atoms with Gasteiger partial charge in [0.15, 0.2) is 0 Å². The average molecular weight is 619 g/mol. The molecule has 232 valence electrons. The predicted octanol–water partition coefficient (Wildman–Crippen LogP) is 5.65. The number of H-pyrrole nitrogens is 1. The van der Waals surface area contributed by atoms with Crippen molar-refractivity contribution < 1.29 is 40.8 Å². The first-order valence-corrected chi connectivity index (χ1v) is 13.7. The molecular formula is C31H28F6N4O3. The molecule has 1 aliphatic heterocycles. The Morgan fingerprint density at radius 1 is 0.864 bits per heavy atom. The molecule has 3 atom stereocenters. The quantitative estimate of drug-likeness (QED) is 0.198. The summed E-state index contributed by atoms with van der Waals surface area (Å²) in [4.78, 5) is 35.2. The lowest BCUT2D eigenvalue weighted by Gasteiger charge is -2.52. The first kappa shape index (κ1) is 31.1. The molecule has 0 bridgehead atoms. The first-order chi connectivity index (χ1) is 20.9. The number of carbonyl (C=O) groups excluding carboxylic acids is 2. The third kappa shape index (κ3) is 6.89. The molecule has 2 amide bonds. The summed E-state index contributed by atoms with van der Waals surface area (Å²) in [6.45, 7) is -2.55. The van der Waals surface area contributed by atoms with Crippen LogP contribution < -0.4 is 5.48 Å². The number of alkyl halides is 6. The van der Waals surface area contributed by atoms with Crippen LogP contribution in [0.2, 0.25) is 0 Å². The number of rotatable bonds is 8. The summed E-state index contributed by atoms with van der Waals surface area (Å²) in [5.74, 6) is -2.17. The van der Waals surface area contributed by atoms with Crippen LogP contribution in [0.1, 0.15) is 21.5 Å². The molecule has 0 radical (unpaired) electrons. The number of hydroxylamine groups is 1. The third-order valence-corrected chi connectivity index (χ3v) is 7.58. The summed E-state index contributed by atoms with van der Waals surface area (Å²) in [5.41, 5.74) is 3.53. The molecule has 1 fully saturated rings. The Labute approximate surface area is 248 Å². The van der Waals surface area contributed by atoms with E-state index in [1.54, 1.807) is 60.7 Å². The van der Waals surface area contributed by atoms with Gasteiger partial charge in [-0.15, -0.1) is 0 Å². The second-order valence-corrected chi connectivity index (χ2v) is 10.5. The van der Waals surface area contributed by atoms with Gasteiger partial charge in [-0.2, -0.15) is 26.3 Å². The number of nitrogens with zero attached hydrogens (tertiary/aromatic N) is 2. The molecule has 7 nitrogen and oxygen atoms in total. The van der Waals surface area contributed by atoms with E-state index in [2.05, 4.69) is 4.98 Å². The summed E-state index contributed by atoms with van der Waals surface area (Å²) in [6, 6.07) is 15.0. The number of fused-ring (bicyclic) bond motifs is 1. The van der Waals surface area contributed by atoms with Crippen molar-refractivity contribution in [1.29, 1.82) is 0 Å². The van der Waals surface area contributed by atoms with Gasteiger partial charge in [-0.3, -0.25) is 19.3 Å². The second-order valence-electron chi connectivity index (χ2n) is 10.5. The maximum absolute atomic E-state index is 15.0. The maximum atomic E-state index is 15.0. The van der Waals surface area contributed by atoms with Crippen LogP contribution in [-0.2, 0) is 22.7 Å². The standard InChI is InChI=1S/C31H28F6N4O3/c32-30(33,34)26-17-40(29(43)21-11-5-2-6-12-21)25(15-22-16-38-24-14-8-7-13-23(22)24)28(31(35,36)37)41(26)18-27(42)39-44-19-20-9-3-1-4-10-20/h1-14,16,25-26,28,38H,15,17-19H2,(H,39,42)/t25-,26?,28?/m1/s1. The van der Waals surface area contributed by atoms with E-state index in [0.717, 1.165) is 0 Å². The van der Waals surface area contributed by atoms with Crippen molar-refractivity contribution in [3.63, 3.8) is 0 Å². The van der Waals surface area contributed by atoms with Crippen LogP contribution in [0.5, 0.6) is 0 Å². The van der Waals surface area contributed by atoms with Crippen molar-refractivity contribution in [2.45, 2.75) is 43.5 Å². The Balaban J connectivity index is 1.52. The van der Waals surface area contributed by atoms with E-state index in [1.807, 2.05) is 5.48 Å². The average Bonchev–Trinajstić information content (AvgIpc) is 3.39. The minimum absolute atomic E-state index is 0.0567. The van der Waals surface area contributed by atoms with Crippen molar-refractivity contribution >= 4 is 22.7 Å². The zero-order valence-electron chi connectivity index (χ0n) is 23.1. The van der Waals surface area contributed by atoms with Gasteiger partial charge in [0.1, 0.15) is 12.1 Å². The molecule has 3 aromatic carbocycles. The fourth-order valence-electron chi connectivity index (χ4n) is 5.62. The molecule has 0 spiro atoms. The Morgan fingerprint density at radius 3 is 2.16 bits per heavy atom. The first-order valence-electron chi connectivity index (χ1n) is 13.7. The van der Waals surface area contributed by atoms with Gasteiger partial charge < -0.3 is 9.88 Å². The summed E-state index contributed by atoms with van der Waals surface area (Å²) in [5, 5.41) is 0.567. The number of piperazine rings is 1. The SMILES string of the molecule is O=C(CN1C(C(F)(F)F)CN(C(=O)c2ccccc2)[C@H](Cc2c[nH]c3ccccc23)C1C(F)(F)F)NOCc1ccccc1. The van der Waals surface area contributed by atoms with Gasteiger partial charge in [0.25, 0.3) is 11.8 Å². The van der Waals surface area contributed by atoms with Gasteiger partial charge in [-0.25, -0.2) is 5.48 Å². The number of hydrogen-bond donors (Lipinski definition) is 2. The monoisotopic (exact) mass is 618 g/mol. The lowest BCUT2D eigenvalue weighted by molar-refractivity contribution is -0.260. The van der Waals surface area contributed by atoms with Crippen LogP contribution in [0, 0.1) is 0 Å². The highest BCUT2D eigenvalue weighted by molar-refractivity contribution is 5.94. The molecule has 1 saturated heterocycles. The Kier molecular flexibility index (Phi) is 8.97. The minimum Gasteiger partial charge on any atom is -0.361 e. The maximum Gasteiger partial charge on any atom is 0.406 e. The molecule has 44 heavy (non-hydrogen) atoms.